The summed E-state index contributed by atoms with van der Waals surface area (Å²) < 4.78 is 0. The van der Waals surface area contributed by atoms with E-state index in [4.69, 9.17) is 0 Å². The third-order valence-electron chi connectivity index (χ3n) is 4.86. The molecule has 6 heteroatoms. The summed E-state index contributed by atoms with van der Waals surface area (Å²) in [5, 5.41) is 5.58. The Morgan fingerprint density at radius 3 is 2.54 bits per heavy atom. The summed E-state index contributed by atoms with van der Waals surface area (Å²) in [5.74, 6) is -0.325. The molecule has 0 unspecified atom stereocenters. The molecule has 0 bridgehead atoms. The smallest absolute Gasteiger partial charge is 0.251 e. The fraction of sp³-hybridized carbons (Fsp3) is 0.318. The highest BCUT2D eigenvalue weighted by molar-refractivity contribution is 5.98. The Kier molecular flexibility index (Phi) is 6.09. The molecule has 0 radical (unpaired) electrons. The highest BCUT2D eigenvalue weighted by atomic mass is 16.2. The number of hydrogen-bond acceptors (Lipinski definition) is 3. The molecule has 28 heavy (non-hydrogen) atoms. The van der Waals surface area contributed by atoms with Crippen molar-refractivity contribution in [2.75, 3.05) is 20.6 Å². The quantitative estimate of drug-likeness (QED) is 0.834. The average Bonchev–Trinajstić information content (AvgIpc) is 2.70. The van der Waals surface area contributed by atoms with Crippen molar-refractivity contribution in [2.24, 2.45) is 0 Å². The van der Waals surface area contributed by atoms with Crippen molar-refractivity contribution < 1.29 is 14.4 Å². The predicted octanol–water partition coefficient (Wildman–Crippen LogP) is 1.99. The number of hydrogen-bond donors (Lipinski definition) is 2. The number of piperidine rings is 1. The highest BCUT2D eigenvalue weighted by Crippen LogP contribution is 2.21. The highest BCUT2D eigenvalue weighted by Gasteiger charge is 2.24. The second kappa shape index (κ2) is 8.69. The largest absolute Gasteiger partial charge is 0.354 e. The number of amides is 3. The van der Waals surface area contributed by atoms with Gasteiger partial charge in [-0.2, -0.15) is 0 Å². The first-order valence-corrected chi connectivity index (χ1v) is 9.42. The molecule has 3 amide bonds. The van der Waals surface area contributed by atoms with Gasteiger partial charge in [0.05, 0.1) is 6.42 Å². The molecule has 146 valence electrons. The molecule has 1 atom stereocenters. The van der Waals surface area contributed by atoms with Crippen LogP contribution in [0, 0.1) is 0 Å². The van der Waals surface area contributed by atoms with E-state index in [1.54, 1.807) is 25.1 Å². The van der Waals surface area contributed by atoms with Gasteiger partial charge in [-0.25, -0.2) is 0 Å². The van der Waals surface area contributed by atoms with Crippen molar-refractivity contribution in [3.63, 3.8) is 0 Å². The van der Waals surface area contributed by atoms with Gasteiger partial charge < -0.3 is 15.5 Å². The zero-order chi connectivity index (χ0) is 20.1. The van der Waals surface area contributed by atoms with Crippen molar-refractivity contribution in [3.8, 4) is 11.1 Å². The van der Waals surface area contributed by atoms with E-state index in [9.17, 15) is 14.4 Å². The Hall–Kier alpha value is -3.15. The lowest BCUT2D eigenvalue weighted by Gasteiger charge is -2.22. The van der Waals surface area contributed by atoms with Crippen LogP contribution in [-0.2, 0) is 16.0 Å². The van der Waals surface area contributed by atoms with Gasteiger partial charge in [0.25, 0.3) is 5.91 Å². The molecule has 0 saturated carbocycles. The molecule has 1 aliphatic heterocycles. The lowest BCUT2D eigenvalue weighted by molar-refractivity contribution is -0.128. The van der Waals surface area contributed by atoms with Crippen LogP contribution in [-0.4, -0.2) is 49.3 Å². The summed E-state index contributed by atoms with van der Waals surface area (Å²) in [4.78, 5) is 37.8. The summed E-state index contributed by atoms with van der Waals surface area (Å²) in [6.45, 7) is 0.664. The number of likely N-dealkylation sites (N-methyl/N-ethyl adjacent to an activating group) is 1. The van der Waals surface area contributed by atoms with E-state index in [-0.39, 0.29) is 17.7 Å². The Labute approximate surface area is 164 Å². The van der Waals surface area contributed by atoms with E-state index in [2.05, 4.69) is 10.6 Å². The second-order valence-corrected chi connectivity index (χ2v) is 7.20. The third kappa shape index (κ3) is 4.76. The molecule has 1 aliphatic rings. The fourth-order valence-corrected chi connectivity index (χ4v) is 3.14. The molecule has 0 spiro atoms. The van der Waals surface area contributed by atoms with Crippen LogP contribution in [0.5, 0.6) is 0 Å². The van der Waals surface area contributed by atoms with E-state index in [0.717, 1.165) is 23.1 Å². The SMILES string of the molecule is CN(C)C(=O)Cc1ccc(-c2cccc(C(=O)N[C@H]3CCCNC3=O)c2)cc1. The minimum Gasteiger partial charge on any atom is -0.354 e. The van der Waals surface area contributed by atoms with Gasteiger partial charge in [0.1, 0.15) is 6.04 Å². The Morgan fingerprint density at radius 1 is 1.11 bits per heavy atom. The molecule has 0 aliphatic carbocycles. The number of carbonyl (C=O) groups excluding carboxylic acids is 3. The van der Waals surface area contributed by atoms with Crippen molar-refractivity contribution in [3.05, 3.63) is 59.7 Å². The lowest BCUT2D eigenvalue weighted by atomic mass is 10.00. The molecule has 6 nitrogen and oxygen atoms in total. The summed E-state index contributed by atoms with van der Waals surface area (Å²) in [6, 6.07) is 14.6. The normalized spacial score (nSPS) is 16.2. The molecule has 1 saturated heterocycles. The number of nitrogens with one attached hydrogen (secondary N) is 2. The van der Waals surface area contributed by atoms with Gasteiger partial charge in [0.15, 0.2) is 0 Å². The standard InChI is InChI=1S/C22H25N3O3/c1-25(2)20(26)13-15-8-10-16(11-9-15)17-5-3-6-18(14-17)21(27)24-19-7-4-12-23-22(19)28/h3,5-6,8-11,14,19H,4,7,12-13H2,1-2H3,(H,23,28)(H,24,27)/t19-/m0/s1. The van der Waals surface area contributed by atoms with Gasteiger partial charge >= 0.3 is 0 Å². The molecule has 2 aromatic carbocycles. The van der Waals surface area contributed by atoms with Gasteiger partial charge in [0.2, 0.25) is 11.8 Å². The lowest BCUT2D eigenvalue weighted by Crippen LogP contribution is -2.50. The molecule has 1 fully saturated rings. The summed E-state index contributed by atoms with van der Waals surface area (Å²) in [5.41, 5.74) is 3.33. The monoisotopic (exact) mass is 379 g/mol. The second-order valence-electron chi connectivity index (χ2n) is 7.20. The van der Waals surface area contributed by atoms with Crippen LogP contribution in [0.2, 0.25) is 0 Å². The Morgan fingerprint density at radius 2 is 1.86 bits per heavy atom. The molecular formula is C22H25N3O3. The predicted molar refractivity (Wildman–Crippen MR) is 108 cm³/mol. The fourth-order valence-electron chi connectivity index (χ4n) is 3.14. The number of benzene rings is 2. The van der Waals surface area contributed by atoms with Gasteiger partial charge in [-0.3, -0.25) is 14.4 Å². The zero-order valence-corrected chi connectivity index (χ0v) is 16.2. The van der Waals surface area contributed by atoms with Crippen LogP contribution >= 0.6 is 0 Å². The van der Waals surface area contributed by atoms with Gasteiger partial charge in [0, 0.05) is 26.2 Å². The van der Waals surface area contributed by atoms with Crippen molar-refractivity contribution in [1.29, 1.82) is 0 Å². The van der Waals surface area contributed by atoms with Crippen molar-refractivity contribution >= 4 is 17.7 Å². The zero-order valence-electron chi connectivity index (χ0n) is 16.2. The first kappa shape index (κ1) is 19.6. The number of carbonyl (C=O) groups is 3. The van der Waals surface area contributed by atoms with E-state index in [0.29, 0.717) is 24.9 Å². The molecule has 3 rings (SSSR count). The van der Waals surface area contributed by atoms with Gasteiger partial charge in [-0.15, -0.1) is 0 Å². The number of nitrogens with zero attached hydrogens (tertiary/aromatic N) is 1. The van der Waals surface area contributed by atoms with Gasteiger partial charge in [-0.1, -0.05) is 36.4 Å². The van der Waals surface area contributed by atoms with Crippen molar-refractivity contribution in [1.82, 2.24) is 15.5 Å². The topological polar surface area (TPSA) is 78.5 Å². The molecule has 1 heterocycles. The summed E-state index contributed by atoms with van der Waals surface area (Å²) in [6.07, 6.45) is 1.88. The van der Waals surface area contributed by atoms with Crippen LogP contribution in [0.4, 0.5) is 0 Å². The maximum atomic E-state index is 12.5. The van der Waals surface area contributed by atoms with Crippen LogP contribution in [0.25, 0.3) is 11.1 Å². The van der Waals surface area contributed by atoms with Crippen LogP contribution < -0.4 is 10.6 Å². The van der Waals surface area contributed by atoms with E-state index >= 15 is 0 Å². The maximum Gasteiger partial charge on any atom is 0.251 e. The summed E-state index contributed by atoms with van der Waals surface area (Å²) in [7, 11) is 3.48. The maximum absolute atomic E-state index is 12.5. The van der Waals surface area contributed by atoms with E-state index < -0.39 is 6.04 Å². The van der Waals surface area contributed by atoms with Crippen LogP contribution in [0.3, 0.4) is 0 Å². The first-order valence-electron chi connectivity index (χ1n) is 9.42. The Balaban J connectivity index is 1.71. The van der Waals surface area contributed by atoms with Crippen molar-refractivity contribution in [2.45, 2.75) is 25.3 Å². The number of rotatable bonds is 5. The van der Waals surface area contributed by atoms with Gasteiger partial charge in [-0.05, 0) is 41.7 Å². The first-order chi connectivity index (χ1) is 13.4. The van der Waals surface area contributed by atoms with Crippen LogP contribution in [0.1, 0.15) is 28.8 Å². The van der Waals surface area contributed by atoms with E-state index in [1.807, 2.05) is 42.5 Å². The third-order valence-corrected chi connectivity index (χ3v) is 4.86. The summed E-state index contributed by atoms with van der Waals surface area (Å²) >= 11 is 0. The van der Waals surface area contributed by atoms with Crippen LogP contribution in [0.15, 0.2) is 48.5 Å². The molecule has 2 aromatic rings. The molecule has 0 aromatic heterocycles. The molecular weight excluding hydrogens is 354 g/mol. The minimum absolute atomic E-state index is 0.0539. The Bertz CT molecular complexity index is 875. The molecule has 2 N–H and O–H groups in total. The minimum atomic E-state index is -0.474. The average molecular weight is 379 g/mol. The van der Waals surface area contributed by atoms with E-state index in [1.165, 1.54) is 0 Å².